The van der Waals surface area contributed by atoms with E-state index in [9.17, 15) is 0 Å². The molecule has 15 heavy (non-hydrogen) atoms. The van der Waals surface area contributed by atoms with Crippen molar-refractivity contribution in [2.24, 2.45) is 17.6 Å². The lowest BCUT2D eigenvalue weighted by molar-refractivity contribution is 0.0558. The van der Waals surface area contributed by atoms with E-state index < -0.39 is 0 Å². The molecule has 2 nitrogen and oxygen atoms in total. The molecule has 88 valence electrons. The van der Waals surface area contributed by atoms with Gasteiger partial charge in [0.1, 0.15) is 0 Å². The molecule has 0 heterocycles. The smallest absolute Gasteiger partial charge is 0.0139 e. The van der Waals surface area contributed by atoms with Crippen molar-refractivity contribution in [1.82, 2.24) is 4.90 Å². The molecule has 2 fully saturated rings. The van der Waals surface area contributed by atoms with Crippen molar-refractivity contribution >= 4 is 0 Å². The Balaban J connectivity index is 1.83. The molecular formula is C13H26N2. The minimum Gasteiger partial charge on any atom is -0.330 e. The van der Waals surface area contributed by atoms with Gasteiger partial charge in [0.2, 0.25) is 0 Å². The molecule has 0 aromatic heterocycles. The Morgan fingerprint density at radius 3 is 2.33 bits per heavy atom. The standard InChI is InChI=1S/C13H26N2/c1-10(2)7-8-15(12-4-5-12)13-6-3-11(13)9-14/h10-13H,3-9,14H2,1-2H3. The Morgan fingerprint density at radius 2 is 1.93 bits per heavy atom. The molecular weight excluding hydrogens is 184 g/mol. The van der Waals surface area contributed by atoms with Gasteiger partial charge < -0.3 is 5.73 Å². The van der Waals surface area contributed by atoms with Gasteiger partial charge in [0.25, 0.3) is 0 Å². The summed E-state index contributed by atoms with van der Waals surface area (Å²) in [5, 5.41) is 0. The highest BCUT2D eigenvalue weighted by Gasteiger charge is 2.40. The Morgan fingerprint density at radius 1 is 1.20 bits per heavy atom. The van der Waals surface area contributed by atoms with E-state index >= 15 is 0 Å². The van der Waals surface area contributed by atoms with E-state index in [0.29, 0.717) is 0 Å². The third-order valence-corrected chi connectivity index (χ3v) is 4.09. The summed E-state index contributed by atoms with van der Waals surface area (Å²) >= 11 is 0. The van der Waals surface area contributed by atoms with Crippen LogP contribution < -0.4 is 5.73 Å². The highest BCUT2D eigenvalue weighted by molar-refractivity contribution is 4.96. The van der Waals surface area contributed by atoms with E-state index in [-0.39, 0.29) is 0 Å². The summed E-state index contributed by atoms with van der Waals surface area (Å²) in [5.74, 6) is 1.64. The first kappa shape index (κ1) is 11.4. The average Bonchev–Trinajstić information content (AvgIpc) is 2.93. The largest absolute Gasteiger partial charge is 0.330 e. The van der Waals surface area contributed by atoms with E-state index in [0.717, 1.165) is 30.5 Å². The van der Waals surface area contributed by atoms with Crippen molar-refractivity contribution < 1.29 is 0 Å². The third kappa shape index (κ3) is 2.73. The quantitative estimate of drug-likeness (QED) is 0.728. The van der Waals surface area contributed by atoms with Gasteiger partial charge in [-0.25, -0.2) is 0 Å². The van der Waals surface area contributed by atoms with Crippen LogP contribution in [0.5, 0.6) is 0 Å². The molecule has 2 rings (SSSR count). The number of nitrogens with two attached hydrogens (primary N) is 1. The molecule has 0 saturated heterocycles. The molecule has 2 heteroatoms. The molecule has 0 aromatic rings. The molecule has 0 spiro atoms. The van der Waals surface area contributed by atoms with Gasteiger partial charge in [-0.15, -0.1) is 0 Å². The summed E-state index contributed by atoms with van der Waals surface area (Å²) in [7, 11) is 0. The van der Waals surface area contributed by atoms with Crippen LogP contribution in [-0.4, -0.2) is 30.1 Å². The highest BCUT2D eigenvalue weighted by atomic mass is 15.2. The zero-order chi connectivity index (χ0) is 10.8. The first-order valence-corrected chi connectivity index (χ1v) is 6.68. The van der Waals surface area contributed by atoms with Crippen molar-refractivity contribution in [2.75, 3.05) is 13.1 Å². The summed E-state index contributed by atoms with van der Waals surface area (Å²) in [6, 6.07) is 1.75. The molecule has 2 atom stereocenters. The SMILES string of the molecule is CC(C)CCN(C1CC1)C1CCC1CN. The molecule has 0 aliphatic heterocycles. The van der Waals surface area contributed by atoms with Crippen LogP contribution in [0, 0.1) is 11.8 Å². The van der Waals surface area contributed by atoms with Crippen molar-refractivity contribution in [2.45, 2.75) is 58.0 Å². The lowest BCUT2D eigenvalue weighted by atomic mass is 9.78. The van der Waals surface area contributed by atoms with Gasteiger partial charge in [-0.3, -0.25) is 4.90 Å². The summed E-state index contributed by atoms with van der Waals surface area (Å²) in [5.41, 5.74) is 5.81. The number of hydrogen-bond donors (Lipinski definition) is 1. The maximum absolute atomic E-state index is 5.81. The summed E-state index contributed by atoms with van der Waals surface area (Å²) in [4.78, 5) is 2.78. The van der Waals surface area contributed by atoms with Crippen molar-refractivity contribution in [3.8, 4) is 0 Å². The van der Waals surface area contributed by atoms with E-state index in [2.05, 4.69) is 18.7 Å². The fourth-order valence-electron chi connectivity index (χ4n) is 2.70. The van der Waals surface area contributed by atoms with Gasteiger partial charge in [-0.05, 0) is 57.0 Å². The number of nitrogens with zero attached hydrogens (tertiary/aromatic N) is 1. The topological polar surface area (TPSA) is 29.3 Å². The van der Waals surface area contributed by atoms with Crippen LogP contribution in [0.4, 0.5) is 0 Å². The van der Waals surface area contributed by atoms with Crippen molar-refractivity contribution in [3.05, 3.63) is 0 Å². The fourth-order valence-corrected chi connectivity index (χ4v) is 2.70. The van der Waals surface area contributed by atoms with Crippen molar-refractivity contribution in [3.63, 3.8) is 0 Å². The van der Waals surface area contributed by atoms with Crippen LogP contribution in [0.2, 0.25) is 0 Å². The van der Waals surface area contributed by atoms with Crippen LogP contribution >= 0.6 is 0 Å². The average molecular weight is 210 g/mol. The highest BCUT2D eigenvalue weighted by Crippen LogP contribution is 2.38. The monoisotopic (exact) mass is 210 g/mol. The van der Waals surface area contributed by atoms with Gasteiger partial charge in [0.15, 0.2) is 0 Å². The van der Waals surface area contributed by atoms with Crippen molar-refractivity contribution in [1.29, 1.82) is 0 Å². The molecule has 0 amide bonds. The van der Waals surface area contributed by atoms with Crippen LogP contribution in [0.15, 0.2) is 0 Å². The Bertz CT molecular complexity index is 197. The molecule has 2 N–H and O–H groups in total. The normalized spacial score (nSPS) is 31.0. The van der Waals surface area contributed by atoms with Gasteiger partial charge in [0.05, 0.1) is 0 Å². The van der Waals surface area contributed by atoms with Crippen LogP contribution in [0.1, 0.15) is 46.0 Å². The first-order valence-electron chi connectivity index (χ1n) is 6.68. The molecule has 0 bridgehead atoms. The first-order chi connectivity index (χ1) is 7.22. The van der Waals surface area contributed by atoms with Gasteiger partial charge in [-0.2, -0.15) is 0 Å². The van der Waals surface area contributed by atoms with Gasteiger partial charge >= 0.3 is 0 Å². The minimum atomic E-state index is 0.803. The molecule has 2 aliphatic rings. The molecule has 2 aliphatic carbocycles. The van der Waals surface area contributed by atoms with E-state index in [1.165, 1.54) is 38.6 Å². The maximum Gasteiger partial charge on any atom is 0.0139 e. The van der Waals surface area contributed by atoms with Crippen LogP contribution in [-0.2, 0) is 0 Å². The summed E-state index contributed by atoms with van der Waals surface area (Å²) < 4.78 is 0. The lowest BCUT2D eigenvalue weighted by Crippen LogP contribution is -2.51. The zero-order valence-electron chi connectivity index (χ0n) is 10.3. The lowest BCUT2D eigenvalue weighted by Gasteiger charge is -2.44. The molecule has 2 saturated carbocycles. The summed E-state index contributed by atoms with van der Waals surface area (Å²) in [6.07, 6.45) is 6.99. The van der Waals surface area contributed by atoms with E-state index in [4.69, 9.17) is 5.73 Å². The van der Waals surface area contributed by atoms with Crippen LogP contribution in [0.25, 0.3) is 0 Å². The number of hydrogen-bond acceptors (Lipinski definition) is 2. The fraction of sp³-hybridized carbons (Fsp3) is 1.00. The summed E-state index contributed by atoms with van der Waals surface area (Å²) in [6.45, 7) is 6.86. The minimum absolute atomic E-state index is 0.803. The van der Waals surface area contributed by atoms with E-state index in [1.54, 1.807) is 0 Å². The second kappa shape index (κ2) is 4.84. The Hall–Kier alpha value is -0.0800. The van der Waals surface area contributed by atoms with Crippen LogP contribution in [0.3, 0.4) is 0 Å². The van der Waals surface area contributed by atoms with E-state index in [1.807, 2.05) is 0 Å². The zero-order valence-corrected chi connectivity index (χ0v) is 10.3. The predicted molar refractivity (Wildman–Crippen MR) is 64.7 cm³/mol. The van der Waals surface area contributed by atoms with Gasteiger partial charge in [0, 0.05) is 12.1 Å². The molecule has 0 aromatic carbocycles. The molecule has 0 radical (unpaired) electrons. The Kier molecular flexibility index (Phi) is 3.68. The number of rotatable bonds is 6. The second-order valence-electron chi connectivity index (χ2n) is 5.79. The second-order valence-corrected chi connectivity index (χ2v) is 5.79. The van der Waals surface area contributed by atoms with Gasteiger partial charge in [-0.1, -0.05) is 13.8 Å². The maximum atomic E-state index is 5.81. The Labute approximate surface area is 94.2 Å². The third-order valence-electron chi connectivity index (χ3n) is 4.09. The predicted octanol–water partition coefficient (Wildman–Crippen LogP) is 2.23. The molecule has 2 unspecified atom stereocenters.